The van der Waals surface area contributed by atoms with Crippen molar-refractivity contribution in [2.75, 3.05) is 0 Å². The van der Waals surface area contributed by atoms with Crippen LogP contribution in [0.15, 0.2) is 19.0 Å². The summed E-state index contributed by atoms with van der Waals surface area (Å²) in [4.78, 5) is 10.6. The molecule has 4 nitrogen and oxygen atoms in total. The van der Waals surface area contributed by atoms with E-state index in [2.05, 4.69) is 11.7 Å². The summed E-state index contributed by atoms with van der Waals surface area (Å²) < 4.78 is 1.59. The lowest BCUT2D eigenvalue weighted by Crippen LogP contribution is -1.98. The number of carbonyl (C=O) groups is 1. The quantitative estimate of drug-likeness (QED) is 0.755. The Bertz CT molecular complexity index is 356. The lowest BCUT2D eigenvalue weighted by Gasteiger charge is -1.89. The van der Waals surface area contributed by atoms with E-state index in [0.717, 1.165) is 12.0 Å². The van der Waals surface area contributed by atoms with Crippen LogP contribution in [0.1, 0.15) is 17.9 Å². The van der Waals surface area contributed by atoms with Crippen LogP contribution in [0.4, 0.5) is 0 Å². The maximum atomic E-state index is 10.6. The van der Waals surface area contributed by atoms with E-state index in [0.29, 0.717) is 0 Å². The van der Waals surface area contributed by atoms with Gasteiger partial charge in [0.25, 0.3) is 0 Å². The molecule has 2 rings (SSSR count). The molecule has 1 fully saturated rings. The fourth-order valence-electron chi connectivity index (χ4n) is 1.48. The van der Waals surface area contributed by atoms with Crippen LogP contribution in [0.5, 0.6) is 0 Å². The molecule has 2 atom stereocenters. The molecule has 1 aliphatic rings. The molecule has 1 aromatic heterocycles. The zero-order chi connectivity index (χ0) is 9.42. The predicted molar refractivity (Wildman–Crippen MR) is 47.1 cm³/mol. The summed E-state index contributed by atoms with van der Waals surface area (Å²) >= 11 is 0. The summed E-state index contributed by atoms with van der Waals surface area (Å²) in [5, 5.41) is 12.7. The van der Waals surface area contributed by atoms with Crippen LogP contribution in [0, 0.1) is 5.92 Å². The molecule has 0 radical (unpaired) electrons. The summed E-state index contributed by atoms with van der Waals surface area (Å²) in [6, 6.07) is 0. The van der Waals surface area contributed by atoms with Crippen LogP contribution >= 0.6 is 0 Å². The van der Waals surface area contributed by atoms with Crippen molar-refractivity contribution in [1.82, 2.24) is 9.78 Å². The fraction of sp³-hybridized carbons (Fsp3) is 0.333. The third kappa shape index (κ3) is 1.35. The topological polar surface area (TPSA) is 55.1 Å². The Labute approximate surface area is 75.5 Å². The van der Waals surface area contributed by atoms with Gasteiger partial charge >= 0.3 is 5.97 Å². The number of aliphatic carboxylic acids is 1. The van der Waals surface area contributed by atoms with Crippen molar-refractivity contribution in [2.45, 2.75) is 12.3 Å². The molecule has 0 saturated heterocycles. The normalized spacial score (nSPS) is 25.5. The highest BCUT2D eigenvalue weighted by atomic mass is 16.4. The molecule has 1 N–H and O–H groups in total. The monoisotopic (exact) mass is 178 g/mol. The van der Waals surface area contributed by atoms with Crippen LogP contribution in [-0.2, 0) is 4.79 Å². The molecule has 4 heteroatoms. The Kier molecular flexibility index (Phi) is 1.69. The third-order valence-electron chi connectivity index (χ3n) is 2.34. The van der Waals surface area contributed by atoms with E-state index < -0.39 is 5.97 Å². The molecule has 0 aliphatic heterocycles. The Morgan fingerprint density at radius 2 is 2.62 bits per heavy atom. The standard InChI is InChI=1S/C9H10N2O2/c1-2-11-5-6(4-10-11)7-3-8(7)9(12)13/h2,4-5,7-8H,1,3H2,(H,12,13). The van der Waals surface area contributed by atoms with Gasteiger partial charge in [-0.3, -0.25) is 4.79 Å². The summed E-state index contributed by atoms with van der Waals surface area (Å²) in [5.41, 5.74) is 0.993. The summed E-state index contributed by atoms with van der Waals surface area (Å²) in [7, 11) is 0. The molecule has 13 heavy (non-hydrogen) atoms. The molecular formula is C9H10N2O2. The lowest BCUT2D eigenvalue weighted by molar-refractivity contribution is -0.138. The van der Waals surface area contributed by atoms with Crippen molar-refractivity contribution in [3.8, 4) is 0 Å². The van der Waals surface area contributed by atoms with Gasteiger partial charge in [-0.2, -0.15) is 5.10 Å². The van der Waals surface area contributed by atoms with Gasteiger partial charge < -0.3 is 5.11 Å². The number of carboxylic acid groups (broad SMARTS) is 1. The van der Waals surface area contributed by atoms with Crippen LogP contribution in [0.25, 0.3) is 6.20 Å². The minimum absolute atomic E-state index is 0.159. The largest absolute Gasteiger partial charge is 0.481 e. The van der Waals surface area contributed by atoms with Crippen LogP contribution in [0.2, 0.25) is 0 Å². The number of hydrogen-bond acceptors (Lipinski definition) is 2. The number of nitrogens with zero attached hydrogens (tertiary/aromatic N) is 2. The van der Waals surface area contributed by atoms with E-state index in [9.17, 15) is 4.79 Å². The first kappa shape index (κ1) is 8.04. The molecule has 1 aromatic rings. The lowest BCUT2D eigenvalue weighted by atomic mass is 10.2. The maximum absolute atomic E-state index is 10.6. The highest BCUT2D eigenvalue weighted by molar-refractivity contribution is 5.75. The molecule has 0 amide bonds. The third-order valence-corrected chi connectivity index (χ3v) is 2.34. The second kappa shape index (κ2) is 2.73. The Morgan fingerprint density at radius 1 is 1.85 bits per heavy atom. The molecule has 0 aromatic carbocycles. The molecule has 0 spiro atoms. The van der Waals surface area contributed by atoms with E-state index in [1.54, 1.807) is 17.1 Å². The number of hydrogen-bond donors (Lipinski definition) is 1. The first-order chi connectivity index (χ1) is 6.22. The van der Waals surface area contributed by atoms with E-state index in [1.807, 2.05) is 6.20 Å². The smallest absolute Gasteiger partial charge is 0.307 e. The SMILES string of the molecule is C=Cn1cc(C2CC2C(=O)O)cn1. The van der Waals surface area contributed by atoms with Crippen molar-refractivity contribution in [2.24, 2.45) is 5.92 Å². The predicted octanol–water partition coefficient (Wildman–Crippen LogP) is 1.17. The van der Waals surface area contributed by atoms with Gasteiger partial charge in [0.15, 0.2) is 0 Å². The van der Waals surface area contributed by atoms with Crippen LogP contribution in [-0.4, -0.2) is 20.9 Å². The van der Waals surface area contributed by atoms with Gasteiger partial charge in [-0.15, -0.1) is 0 Å². The second-order valence-corrected chi connectivity index (χ2v) is 3.22. The number of carboxylic acids is 1. The van der Waals surface area contributed by atoms with Crippen molar-refractivity contribution < 1.29 is 9.90 Å². The average molecular weight is 178 g/mol. The van der Waals surface area contributed by atoms with Crippen molar-refractivity contribution in [1.29, 1.82) is 0 Å². The second-order valence-electron chi connectivity index (χ2n) is 3.22. The first-order valence-electron chi connectivity index (χ1n) is 4.12. The van der Waals surface area contributed by atoms with E-state index in [4.69, 9.17) is 5.11 Å². The van der Waals surface area contributed by atoms with Gasteiger partial charge in [0.2, 0.25) is 0 Å². The van der Waals surface area contributed by atoms with Gasteiger partial charge in [-0.1, -0.05) is 6.58 Å². The van der Waals surface area contributed by atoms with Gasteiger partial charge in [-0.25, -0.2) is 4.68 Å². The highest BCUT2D eigenvalue weighted by Crippen LogP contribution is 2.47. The minimum atomic E-state index is -0.712. The number of aromatic nitrogens is 2. The van der Waals surface area contributed by atoms with Crippen molar-refractivity contribution in [3.63, 3.8) is 0 Å². The summed E-state index contributed by atoms with van der Waals surface area (Å²) in [5.74, 6) is -0.759. The fourth-order valence-corrected chi connectivity index (χ4v) is 1.48. The van der Waals surface area contributed by atoms with Crippen LogP contribution < -0.4 is 0 Å². The van der Waals surface area contributed by atoms with Gasteiger partial charge in [-0.05, 0) is 12.0 Å². The summed E-state index contributed by atoms with van der Waals surface area (Å²) in [6.07, 6.45) is 5.84. The average Bonchev–Trinajstić information content (AvgIpc) is 2.78. The van der Waals surface area contributed by atoms with E-state index in [-0.39, 0.29) is 11.8 Å². The zero-order valence-corrected chi connectivity index (χ0v) is 7.05. The van der Waals surface area contributed by atoms with E-state index >= 15 is 0 Å². The summed E-state index contributed by atoms with van der Waals surface area (Å²) in [6.45, 7) is 3.56. The molecule has 1 aliphatic carbocycles. The molecule has 1 saturated carbocycles. The van der Waals surface area contributed by atoms with Crippen LogP contribution in [0.3, 0.4) is 0 Å². The molecule has 1 heterocycles. The Balaban J connectivity index is 2.11. The minimum Gasteiger partial charge on any atom is -0.481 e. The van der Waals surface area contributed by atoms with Crippen molar-refractivity contribution >= 4 is 12.2 Å². The Hall–Kier alpha value is -1.58. The molecular weight excluding hydrogens is 168 g/mol. The van der Waals surface area contributed by atoms with E-state index in [1.165, 1.54) is 0 Å². The van der Waals surface area contributed by atoms with Gasteiger partial charge in [0, 0.05) is 18.3 Å². The highest BCUT2D eigenvalue weighted by Gasteiger charge is 2.44. The first-order valence-corrected chi connectivity index (χ1v) is 4.12. The molecule has 0 bridgehead atoms. The molecule has 2 unspecified atom stereocenters. The van der Waals surface area contributed by atoms with Crippen molar-refractivity contribution in [3.05, 3.63) is 24.5 Å². The van der Waals surface area contributed by atoms with Gasteiger partial charge in [0.05, 0.1) is 12.1 Å². The molecule has 68 valence electrons. The zero-order valence-electron chi connectivity index (χ0n) is 7.05. The maximum Gasteiger partial charge on any atom is 0.307 e. The number of rotatable bonds is 3. The Morgan fingerprint density at radius 3 is 3.08 bits per heavy atom. The van der Waals surface area contributed by atoms with Gasteiger partial charge in [0.1, 0.15) is 0 Å².